The van der Waals surface area contributed by atoms with Gasteiger partial charge in [-0.25, -0.2) is 0 Å². The van der Waals surface area contributed by atoms with Crippen molar-refractivity contribution in [1.82, 2.24) is 10.6 Å². The maximum absolute atomic E-state index is 11.1. The maximum atomic E-state index is 11.1. The van der Waals surface area contributed by atoms with E-state index < -0.39 is 0 Å². The minimum atomic E-state index is -0.376. The molecule has 1 aromatic rings. The van der Waals surface area contributed by atoms with Crippen LogP contribution in [0.15, 0.2) is 37.4 Å². The lowest BCUT2D eigenvalue weighted by Gasteiger charge is -2.11. The van der Waals surface area contributed by atoms with E-state index >= 15 is 0 Å². The first-order valence-corrected chi connectivity index (χ1v) is 5.82. The fourth-order valence-electron chi connectivity index (χ4n) is 1.47. The normalized spacial score (nSPS) is 9.60. The van der Waals surface area contributed by atoms with Crippen LogP contribution in [0.4, 0.5) is 0 Å². The average Bonchev–Trinajstić information content (AvgIpc) is 2.44. The smallest absolute Gasteiger partial charge is 0.243 e. The molecule has 2 amide bonds. The molecule has 0 spiro atoms. The van der Waals surface area contributed by atoms with Crippen LogP contribution < -0.4 is 10.6 Å². The van der Waals surface area contributed by atoms with Crippen LogP contribution in [0.25, 0.3) is 0 Å². The highest BCUT2D eigenvalue weighted by atomic mass is 16.3. The summed E-state index contributed by atoms with van der Waals surface area (Å²) in [5.74, 6) is -1.05. The van der Waals surface area contributed by atoms with Gasteiger partial charge in [-0.3, -0.25) is 9.59 Å². The molecule has 0 atom stereocenters. The fraction of sp³-hybridized carbons (Fsp3) is 0.143. The van der Waals surface area contributed by atoms with Gasteiger partial charge in [0.2, 0.25) is 11.8 Å². The number of phenols is 2. The summed E-state index contributed by atoms with van der Waals surface area (Å²) in [6.45, 7) is 6.79. The van der Waals surface area contributed by atoms with E-state index in [9.17, 15) is 19.8 Å². The third kappa shape index (κ3) is 4.16. The first kappa shape index (κ1) is 15.3. The highest BCUT2D eigenvalue weighted by Gasteiger charge is 2.10. The molecule has 0 unspecified atom stereocenters. The van der Waals surface area contributed by atoms with Gasteiger partial charge >= 0.3 is 0 Å². The Kier molecular flexibility index (Phi) is 5.34. The standard InChI is InChI=1S/C14H16N2O4/c1-3-13(19)15-7-9-5-10(8-16-14(20)4-2)12(18)6-11(9)17/h3-6,17-18H,1-2,7-8H2,(H,15,19)(H,16,20). The van der Waals surface area contributed by atoms with Crippen LogP contribution in [-0.2, 0) is 22.7 Å². The number of hydrogen-bond acceptors (Lipinski definition) is 4. The Morgan fingerprint density at radius 3 is 1.70 bits per heavy atom. The van der Waals surface area contributed by atoms with Gasteiger partial charge in [-0.2, -0.15) is 0 Å². The van der Waals surface area contributed by atoms with E-state index in [-0.39, 0.29) is 36.4 Å². The lowest BCUT2D eigenvalue weighted by Crippen LogP contribution is -2.21. The van der Waals surface area contributed by atoms with Crippen molar-refractivity contribution in [1.29, 1.82) is 0 Å². The molecule has 0 aliphatic carbocycles. The lowest BCUT2D eigenvalue weighted by atomic mass is 10.1. The van der Waals surface area contributed by atoms with Gasteiger partial charge in [0.05, 0.1) is 0 Å². The second kappa shape index (κ2) is 6.98. The van der Waals surface area contributed by atoms with Crippen LogP contribution >= 0.6 is 0 Å². The van der Waals surface area contributed by atoms with Crippen LogP contribution in [0.2, 0.25) is 0 Å². The highest BCUT2D eigenvalue weighted by Crippen LogP contribution is 2.27. The molecule has 0 fully saturated rings. The molecule has 20 heavy (non-hydrogen) atoms. The lowest BCUT2D eigenvalue weighted by molar-refractivity contribution is -0.117. The molecule has 6 heteroatoms. The average molecular weight is 276 g/mol. The number of carbonyl (C=O) groups is 2. The van der Waals surface area contributed by atoms with Crippen molar-refractivity contribution in [3.05, 3.63) is 48.6 Å². The minimum Gasteiger partial charge on any atom is -0.507 e. The maximum Gasteiger partial charge on any atom is 0.243 e. The van der Waals surface area contributed by atoms with Crippen molar-refractivity contribution in [3.63, 3.8) is 0 Å². The van der Waals surface area contributed by atoms with Crippen molar-refractivity contribution < 1.29 is 19.8 Å². The number of benzene rings is 1. The third-order valence-electron chi connectivity index (χ3n) is 2.56. The Morgan fingerprint density at radius 2 is 1.35 bits per heavy atom. The van der Waals surface area contributed by atoms with E-state index in [1.165, 1.54) is 6.07 Å². The van der Waals surface area contributed by atoms with Crippen LogP contribution in [0, 0.1) is 0 Å². The number of amides is 2. The first-order chi connectivity index (χ1) is 9.47. The first-order valence-electron chi connectivity index (χ1n) is 5.82. The Bertz CT molecular complexity index is 507. The van der Waals surface area contributed by atoms with Gasteiger partial charge < -0.3 is 20.8 Å². The number of aromatic hydroxyl groups is 2. The van der Waals surface area contributed by atoms with Crippen molar-refractivity contribution in [3.8, 4) is 11.5 Å². The molecule has 0 radical (unpaired) electrons. The molecule has 0 bridgehead atoms. The number of hydrogen-bond donors (Lipinski definition) is 4. The van der Waals surface area contributed by atoms with E-state index in [0.29, 0.717) is 11.1 Å². The molecule has 0 heterocycles. The zero-order valence-corrected chi connectivity index (χ0v) is 10.8. The topological polar surface area (TPSA) is 98.7 Å². The van der Waals surface area contributed by atoms with E-state index in [1.807, 2.05) is 0 Å². The second-order valence-electron chi connectivity index (χ2n) is 3.95. The zero-order chi connectivity index (χ0) is 15.1. The van der Waals surface area contributed by atoms with Gasteiger partial charge in [0, 0.05) is 30.3 Å². The zero-order valence-electron chi connectivity index (χ0n) is 10.8. The Balaban J connectivity index is 2.85. The van der Waals surface area contributed by atoms with Gasteiger partial charge in [-0.05, 0) is 18.2 Å². The van der Waals surface area contributed by atoms with Crippen LogP contribution in [-0.4, -0.2) is 22.0 Å². The molecule has 0 aliphatic heterocycles. The van der Waals surface area contributed by atoms with Crippen molar-refractivity contribution in [2.45, 2.75) is 13.1 Å². The summed E-state index contributed by atoms with van der Waals surface area (Å²) < 4.78 is 0. The second-order valence-corrected chi connectivity index (χ2v) is 3.95. The molecular weight excluding hydrogens is 260 g/mol. The summed E-state index contributed by atoms with van der Waals surface area (Å²) in [6, 6.07) is 2.65. The van der Waals surface area contributed by atoms with Gasteiger partial charge in [-0.1, -0.05) is 13.2 Å². The number of phenolic OH excluding ortho intramolecular Hbond substituents is 2. The van der Waals surface area contributed by atoms with Crippen molar-refractivity contribution >= 4 is 11.8 Å². The van der Waals surface area contributed by atoms with Gasteiger partial charge in [0.15, 0.2) is 0 Å². The monoisotopic (exact) mass is 276 g/mol. The number of carbonyl (C=O) groups excluding carboxylic acids is 2. The van der Waals surface area contributed by atoms with E-state index in [2.05, 4.69) is 23.8 Å². The Hall–Kier alpha value is -2.76. The predicted molar refractivity (Wildman–Crippen MR) is 73.9 cm³/mol. The molecule has 1 aromatic carbocycles. The predicted octanol–water partition coefficient (Wildman–Crippen LogP) is 0.702. The highest BCUT2D eigenvalue weighted by molar-refractivity contribution is 5.87. The summed E-state index contributed by atoms with van der Waals surface area (Å²) in [6.07, 6.45) is 2.23. The molecular formula is C14H16N2O4. The third-order valence-corrected chi connectivity index (χ3v) is 2.56. The summed E-state index contributed by atoms with van der Waals surface area (Å²) in [5.41, 5.74) is 0.835. The molecule has 0 saturated heterocycles. The van der Waals surface area contributed by atoms with Crippen molar-refractivity contribution in [2.24, 2.45) is 0 Å². The molecule has 106 valence electrons. The quantitative estimate of drug-likeness (QED) is 0.575. The van der Waals surface area contributed by atoms with Crippen LogP contribution in [0.3, 0.4) is 0 Å². The number of nitrogens with one attached hydrogen (secondary N) is 2. The summed E-state index contributed by atoms with van der Waals surface area (Å²) in [4.78, 5) is 22.1. The fourth-order valence-corrected chi connectivity index (χ4v) is 1.47. The minimum absolute atomic E-state index is 0.0827. The molecule has 4 N–H and O–H groups in total. The summed E-state index contributed by atoms with van der Waals surface area (Å²) >= 11 is 0. The van der Waals surface area contributed by atoms with Gasteiger partial charge in [0.1, 0.15) is 11.5 Å². The molecule has 1 rings (SSSR count). The Labute approximate surface area is 116 Å². The van der Waals surface area contributed by atoms with Crippen molar-refractivity contribution in [2.75, 3.05) is 0 Å². The molecule has 0 saturated carbocycles. The van der Waals surface area contributed by atoms with E-state index in [1.54, 1.807) is 0 Å². The largest absolute Gasteiger partial charge is 0.507 e. The van der Waals surface area contributed by atoms with Crippen LogP contribution in [0.1, 0.15) is 11.1 Å². The molecule has 0 aliphatic rings. The van der Waals surface area contributed by atoms with Crippen LogP contribution in [0.5, 0.6) is 11.5 Å². The SMILES string of the molecule is C=CC(=O)NCc1cc(CNC(=O)C=C)c(O)cc1O. The number of rotatable bonds is 6. The molecule has 6 nitrogen and oxygen atoms in total. The summed E-state index contributed by atoms with van der Waals surface area (Å²) in [5, 5.41) is 24.4. The van der Waals surface area contributed by atoms with E-state index in [4.69, 9.17) is 0 Å². The Morgan fingerprint density at radius 1 is 0.950 bits per heavy atom. The van der Waals surface area contributed by atoms with Gasteiger partial charge in [-0.15, -0.1) is 0 Å². The summed E-state index contributed by atoms with van der Waals surface area (Å²) in [7, 11) is 0. The molecule has 0 aromatic heterocycles. The van der Waals surface area contributed by atoms with Gasteiger partial charge in [0.25, 0.3) is 0 Å². The van der Waals surface area contributed by atoms with E-state index in [0.717, 1.165) is 18.2 Å².